The fourth-order valence-electron chi connectivity index (χ4n) is 4.99. The van der Waals surface area contributed by atoms with Gasteiger partial charge in [0, 0.05) is 37.3 Å². The van der Waals surface area contributed by atoms with Crippen LogP contribution in [-0.4, -0.2) is 59.7 Å². The van der Waals surface area contributed by atoms with Crippen molar-refractivity contribution in [2.24, 2.45) is 0 Å². The van der Waals surface area contributed by atoms with Gasteiger partial charge in [-0.1, -0.05) is 6.07 Å². The van der Waals surface area contributed by atoms with E-state index in [0.717, 1.165) is 24.4 Å². The first kappa shape index (κ1) is 30.8. The molecule has 1 aliphatic rings. The predicted molar refractivity (Wildman–Crippen MR) is 163 cm³/mol. The Bertz CT molecular complexity index is 1580. The summed E-state index contributed by atoms with van der Waals surface area (Å²) in [5, 5.41) is 11.1. The van der Waals surface area contributed by atoms with Crippen molar-refractivity contribution >= 4 is 23.8 Å². The minimum absolute atomic E-state index is 0.162. The zero-order chi connectivity index (χ0) is 31.5. The highest BCUT2D eigenvalue weighted by Gasteiger charge is 2.32. The van der Waals surface area contributed by atoms with Gasteiger partial charge in [0.1, 0.15) is 41.6 Å². The number of rotatable bonds is 8. The fraction of sp³-hybridized carbons (Fsp3) is 0.484. The number of carbonyl (C=O) groups is 2. The number of pyridine rings is 1. The molecule has 0 aromatic carbocycles. The van der Waals surface area contributed by atoms with Gasteiger partial charge < -0.3 is 24.5 Å². The molecule has 1 saturated carbocycles. The summed E-state index contributed by atoms with van der Waals surface area (Å²) in [5.74, 6) is 1.96. The van der Waals surface area contributed by atoms with Gasteiger partial charge in [-0.2, -0.15) is 5.10 Å². The Labute approximate surface area is 256 Å². The maximum Gasteiger partial charge on any atom is 0.419 e. The average molecular weight is 605 g/mol. The van der Waals surface area contributed by atoms with E-state index in [4.69, 9.17) is 24.0 Å². The summed E-state index contributed by atoms with van der Waals surface area (Å²) in [5.41, 5.74) is 1.35. The van der Waals surface area contributed by atoms with Crippen LogP contribution in [0.2, 0.25) is 0 Å². The SMILES string of the molecule is CC(C)(C)OC(=O)NCCc1coc(-c2cccc(Nc3cc([C@H]4CC[C@@H](OC(=O)n5ccnc5)C4)nn3C(C)(C)C)n2)n1. The van der Waals surface area contributed by atoms with Crippen molar-refractivity contribution in [1.29, 1.82) is 0 Å². The molecule has 4 aromatic heterocycles. The number of amides is 1. The molecule has 0 bridgehead atoms. The van der Waals surface area contributed by atoms with Gasteiger partial charge in [0.2, 0.25) is 5.89 Å². The maximum atomic E-state index is 12.4. The average Bonchev–Trinajstić information content (AvgIpc) is 3.74. The molecule has 2 atom stereocenters. The number of hydrogen-bond donors (Lipinski definition) is 2. The first-order valence-corrected chi connectivity index (χ1v) is 14.8. The lowest BCUT2D eigenvalue weighted by atomic mass is 10.0. The van der Waals surface area contributed by atoms with E-state index in [9.17, 15) is 9.59 Å². The second-order valence-corrected chi connectivity index (χ2v) is 12.9. The van der Waals surface area contributed by atoms with E-state index in [1.54, 1.807) is 18.7 Å². The maximum absolute atomic E-state index is 12.4. The molecule has 0 spiro atoms. The number of hydrogen-bond acceptors (Lipinski definition) is 10. The quantitative estimate of drug-likeness (QED) is 0.244. The van der Waals surface area contributed by atoms with Crippen LogP contribution in [0.25, 0.3) is 11.6 Å². The van der Waals surface area contributed by atoms with Gasteiger partial charge in [0.25, 0.3) is 0 Å². The van der Waals surface area contributed by atoms with Gasteiger partial charge in [-0.15, -0.1) is 0 Å². The van der Waals surface area contributed by atoms with E-state index >= 15 is 0 Å². The summed E-state index contributed by atoms with van der Waals surface area (Å²) in [6.45, 7) is 12.1. The number of nitrogens with one attached hydrogen (secondary N) is 2. The van der Waals surface area contributed by atoms with E-state index in [2.05, 4.69) is 41.4 Å². The van der Waals surface area contributed by atoms with Crippen molar-refractivity contribution in [3.8, 4) is 11.6 Å². The first-order valence-electron chi connectivity index (χ1n) is 14.8. The lowest BCUT2D eigenvalue weighted by Gasteiger charge is -2.22. The Balaban J connectivity index is 1.24. The molecule has 44 heavy (non-hydrogen) atoms. The van der Waals surface area contributed by atoms with Crippen LogP contribution in [-0.2, 0) is 21.4 Å². The Kier molecular flexibility index (Phi) is 8.75. The van der Waals surface area contributed by atoms with Crippen LogP contribution in [0, 0.1) is 0 Å². The highest BCUT2D eigenvalue weighted by Crippen LogP contribution is 2.38. The summed E-state index contributed by atoms with van der Waals surface area (Å²) in [7, 11) is 0. The Hall–Kier alpha value is -4.68. The molecule has 1 amide bonds. The third kappa shape index (κ3) is 7.82. The number of aromatic nitrogens is 6. The van der Waals surface area contributed by atoms with Crippen LogP contribution in [0.15, 0.2) is 53.7 Å². The summed E-state index contributed by atoms with van der Waals surface area (Å²) < 4.78 is 20.0. The molecule has 0 saturated heterocycles. The van der Waals surface area contributed by atoms with Gasteiger partial charge in [-0.05, 0) is 72.9 Å². The molecule has 5 rings (SSSR count). The Morgan fingerprint density at radius 3 is 2.66 bits per heavy atom. The van der Waals surface area contributed by atoms with Crippen molar-refractivity contribution in [3.05, 3.63) is 60.6 Å². The largest absolute Gasteiger partial charge is 0.446 e. The molecule has 234 valence electrons. The molecule has 2 N–H and O–H groups in total. The fourth-order valence-corrected chi connectivity index (χ4v) is 4.99. The number of ether oxygens (including phenoxy) is 2. The molecular weight excluding hydrogens is 564 g/mol. The normalized spacial score (nSPS) is 17.0. The second kappa shape index (κ2) is 12.5. The molecular formula is C31H40N8O5. The molecule has 4 aromatic rings. The van der Waals surface area contributed by atoms with Crippen LogP contribution < -0.4 is 10.6 Å². The third-order valence-electron chi connectivity index (χ3n) is 6.97. The summed E-state index contributed by atoms with van der Waals surface area (Å²) in [6, 6.07) is 7.63. The number of anilines is 2. The molecule has 0 radical (unpaired) electrons. The van der Waals surface area contributed by atoms with E-state index in [0.29, 0.717) is 42.5 Å². The predicted octanol–water partition coefficient (Wildman–Crippen LogP) is 6.02. The van der Waals surface area contributed by atoms with Gasteiger partial charge in [-0.3, -0.25) is 0 Å². The summed E-state index contributed by atoms with van der Waals surface area (Å²) in [4.78, 5) is 37.5. The molecule has 4 heterocycles. The zero-order valence-corrected chi connectivity index (χ0v) is 26.0. The van der Waals surface area contributed by atoms with E-state index in [1.807, 2.05) is 49.7 Å². The van der Waals surface area contributed by atoms with Gasteiger partial charge >= 0.3 is 12.2 Å². The van der Waals surface area contributed by atoms with Crippen LogP contribution in [0.5, 0.6) is 0 Å². The molecule has 13 nitrogen and oxygen atoms in total. The summed E-state index contributed by atoms with van der Waals surface area (Å²) in [6.07, 6.45) is 7.90. The number of nitrogens with zero attached hydrogens (tertiary/aromatic N) is 6. The van der Waals surface area contributed by atoms with Gasteiger partial charge in [0.15, 0.2) is 0 Å². The molecule has 1 aliphatic carbocycles. The summed E-state index contributed by atoms with van der Waals surface area (Å²) >= 11 is 0. The zero-order valence-electron chi connectivity index (χ0n) is 26.0. The highest BCUT2D eigenvalue weighted by molar-refractivity contribution is 5.70. The third-order valence-corrected chi connectivity index (χ3v) is 6.97. The van der Waals surface area contributed by atoms with Gasteiger partial charge in [-0.25, -0.2) is 33.8 Å². The van der Waals surface area contributed by atoms with Crippen molar-refractivity contribution in [2.45, 2.75) is 90.4 Å². The van der Waals surface area contributed by atoms with Crippen molar-refractivity contribution in [2.75, 3.05) is 11.9 Å². The number of alkyl carbamates (subject to hydrolysis) is 1. The topological polar surface area (TPSA) is 151 Å². The first-order chi connectivity index (χ1) is 20.8. The van der Waals surface area contributed by atoms with Crippen LogP contribution in [0.3, 0.4) is 0 Å². The Morgan fingerprint density at radius 1 is 1.11 bits per heavy atom. The van der Waals surface area contributed by atoms with Crippen molar-refractivity contribution < 1.29 is 23.5 Å². The van der Waals surface area contributed by atoms with E-state index < -0.39 is 17.8 Å². The molecule has 0 unspecified atom stereocenters. The molecule has 0 aliphatic heterocycles. The number of imidazole rings is 1. The van der Waals surface area contributed by atoms with Crippen LogP contribution >= 0.6 is 0 Å². The minimum Gasteiger partial charge on any atom is -0.446 e. The van der Waals surface area contributed by atoms with E-state index in [-0.39, 0.29) is 17.6 Å². The van der Waals surface area contributed by atoms with Crippen LogP contribution in [0.1, 0.15) is 78.1 Å². The van der Waals surface area contributed by atoms with Crippen molar-refractivity contribution in [1.82, 2.24) is 34.6 Å². The lowest BCUT2D eigenvalue weighted by Crippen LogP contribution is -2.33. The Morgan fingerprint density at radius 2 is 1.93 bits per heavy atom. The monoisotopic (exact) mass is 604 g/mol. The molecule has 1 fully saturated rings. The smallest absolute Gasteiger partial charge is 0.419 e. The standard InChI is InChI=1S/C31H40N8O5/c1-30(2,3)39-26(17-24(37-39)20-10-11-22(16-20)43-29(41)38-15-14-32-19-38)36-25-9-7-8-23(35-25)27-34-21(18-42-27)12-13-33-28(40)44-31(4,5)6/h7-9,14-15,17-20,22H,10-13,16H2,1-6H3,(H,33,40)(H,35,36)/t20-,22+/m0/s1. The lowest BCUT2D eigenvalue weighted by molar-refractivity contribution is 0.0528. The minimum atomic E-state index is -0.556. The second-order valence-electron chi connectivity index (χ2n) is 12.9. The highest BCUT2D eigenvalue weighted by atomic mass is 16.6. The molecule has 13 heteroatoms. The number of carbonyl (C=O) groups excluding carboxylic acids is 2. The van der Waals surface area contributed by atoms with Gasteiger partial charge in [0.05, 0.1) is 16.9 Å². The van der Waals surface area contributed by atoms with Crippen LogP contribution in [0.4, 0.5) is 21.2 Å². The van der Waals surface area contributed by atoms with Crippen molar-refractivity contribution in [3.63, 3.8) is 0 Å². The van der Waals surface area contributed by atoms with E-state index in [1.165, 1.54) is 10.9 Å². The number of oxazole rings is 1.